The minimum Gasteiger partial charge on any atom is -0.370 e. The zero-order valence-electron chi connectivity index (χ0n) is 7.58. The number of likely N-dealkylation sites (N-methyl/N-ethyl adjacent to an activating group) is 1. The van der Waals surface area contributed by atoms with Gasteiger partial charge in [-0.1, -0.05) is 0 Å². The van der Waals surface area contributed by atoms with Gasteiger partial charge < -0.3 is 16.4 Å². The monoisotopic (exact) mass is 172 g/mol. The summed E-state index contributed by atoms with van der Waals surface area (Å²) in [4.78, 5) is 16.5. The van der Waals surface area contributed by atoms with E-state index in [4.69, 9.17) is 11.5 Å². The van der Waals surface area contributed by atoms with Crippen LogP contribution in [-0.4, -0.2) is 36.4 Å². The summed E-state index contributed by atoms with van der Waals surface area (Å²) < 4.78 is 0. The second kappa shape index (κ2) is 5.40. The highest BCUT2D eigenvalue weighted by atomic mass is 16.2. The molecule has 0 atom stereocenters. The first kappa shape index (κ1) is 10.7. The van der Waals surface area contributed by atoms with Gasteiger partial charge in [0.2, 0.25) is 5.91 Å². The highest BCUT2D eigenvalue weighted by molar-refractivity contribution is 5.83. The highest BCUT2D eigenvalue weighted by Crippen LogP contribution is 1.88. The summed E-state index contributed by atoms with van der Waals surface area (Å²) in [5, 5.41) is 0. The van der Waals surface area contributed by atoms with Crippen molar-refractivity contribution >= 4 is 11.9 Å². The summed E-state index contributed by atoms with van der Waals surface area (Å²) in [5.74, 6) is -0.0936. The molecule has 0 saturated carbocycles. The van der Waals surface area contributed by atoms with Gasteiger partial charge in [0.25, 0.3) is 0 Å². The summed E-state index contributed by atoms with van der Waals surface area (Å²) in [6.45, 7) is 5.25. The van der Waals surface area contributed by atoms with Crippen molar-refractivity contribution < 1.29 is 4.79 Å². The molecule has 1 amide bonds. The van der Waals surface area contributed by atoms with Crippen molar-refractivity contribution in [2.24, 2.45) is 16.5 Å². The molecule has 0 aliphatic heterocycles. The number of rotatable bonds is 4. The Morgan fingerprint density at radius 3 is 2.17 bits per heavy atom. The number of aliphatic imine (C=N–C) groups is 1. The molecule has 0 rings (SSSR count). The maximum Gasteiger partial charge on any atom is 0.244 e. The average Bonchev–Trinajstić information content (AvgIpc) is 2.03. The van der Waals surface area contributed by atoms with Gasteiger partial charge in [-0.05, 0) is 13.8 Å². The smallest absolute Gasteiger partial charge is 0.244 e. The molecule has 0 radical (unpaired) electrons. The fourth-order valence-electron chi connectivity index (χ4n) is 0.835. The van der Waals surface area contributed by atoms with E-state index < -0.39 is 0 Å². The van der Waals surface area contributed by atoms with E-state index in [1.54, 1.807) is 4.90 Å². The second-order valence-corrected chi connectivity index (χ2v) is 2.31. The van der Waals surface area contributed by atoms with Crippen molar-refractivity contribution in [2.45, 2.75) is 13.8 Å². The van der Waals surface area contributed by atoms with E-state index >= 15 is 0 Å². The number of guanidine groups is 1. The Morgan fingerprint density at radius 1 is 1.33 bits per heavy atom. The normalized spacial score (nSPS) is 9.17. The molecular weight excluding hydrogens is 156 g/mol. The molecule has 0 aromatic heterocycles. The number of amides is 1. The SMILES string of the molecule is CCN(CC)C(=O)CN=C(N)N. The fraction of sp³-hybridized carbons (Fsp3) is 0.714. The molecule has 0 fully saturated rings. The van der Waals surface area contributed by atoms with Crippen LogP contribution in [0.15, 0.2) is 4.99 Å². The van der Waals surface area contributed by atoms with E-state index in [2.05, 4.69) is 4.99 Å². The Bertz CT molecular complexity index is 170. The third-order valence-corrected chi connectivity index (χ3v) is 1.51. The molecule has 5 nitrogen and oxygen atoms in total. The number of nitrogens with zero attached hydrogens (tertiary/aromatic N) is 2. The lowest BCUT2D eigenvalue weighted by molar-refractivity contribution is -0.129. The predicted molar refractivity (Wildman–Crippen MR) is 48.6 cm³/mol. The Balaban J connectivity index is 3.93. The summed E-state index contributed by atoms with van der Waals surface area (Å²) in [7, 11) is 0. The predicted octanol–water partition coefficient (Wildman–Crippen LogP) is -0.872. The first-order chi connectivity index (χ1) is 5.61. The molecule has 0 aliphatic rings. The third kappa shape index (κ3) is 3.80. The van der Waals surface area contributed by atoms with E-state index in [-0.39, 0.29) is 18.4 Å². The Kier molecular flexibility index (Phi) is 4.83. The van der Waals surface area contributed by atoms with Crippen molar-refractivity contribution in [2.75, 3.05) is 19.6 Å². The zero-order chi connectivity index (χ0) is 9.56. The van der Waals surface area contributed by atoms with Crippen LogP contribution in [-0.2, 0) is 4.79 Å². The van der Waals surface area contributed by atoms with E-state index in [0.717, 1.165) is 0 Å². The van der Waals surface area contributed by atoms with Crippen molar-refractivity contribution in [3.8, 4) is 0 Å². The third-order valence-electron chi connectivity index (χ3n) is 1.51. The maximum atomic E-state index is 11.2. The first-order valence-electron chi connectivity index (χ1n) is 3.95. The standard InChI is InChI=1S/C7H16N4O/c1-3-11(4-2)6(12)5-10-7(8)9/h3-5H2,1-2H3,(H4,8,9,10). The van der Waals surface area contributed by atoms with Gasteiger partial charge in [0.15, 0.2) is 5.96 Å². The molecule has 0 spiro atoms. The zero-order valence-corrected chi connectivity index (χ0v) is 7.58. The Hall–Kier alpha value is -1.26. The van der Waals surface area contributed by atoms with Gasteiger partial charge in [0.1, 0.15) is 6.54 Å². The lowest BCUT2D eigenvalue weighted by Gasteiger charge is -2.16. The van der Waals surface area contributed by atoms with Crippen molar-refractivity contribution in [1.82, 2.24) is 4.90 Å². The van der Waals surface area contributed by atoms with Gasteiger partial charge >= 0.3 is 0 Å². The second-order valence-electron chi connectivity index (χ2n) is 2.31. The van der Waals surface area contributed by atoms with Crippen LogP contribution >= 0.6 is 0 Å². The van der Waals surface area contributed by atoms with E-state index in [1.807, 2.05) is 13.8 Å². The molecule has 0 aliphatic carbocycles. The number of carbonyl (C=O) groups excluding carboxylic acids is 1. The van der Waals surface area contributed by atoms with Crippen LogP contribution in [0.25, 0.3) is 0 Å². The average molecular weight is 172 g/mol. The van der Waals surface area contributed by atoms with Crippen LogP contribution in [0.1, 0.15) is 13.8 Å². The summed E-state index contributed by atoms with van der Waals surface area (Å²) in [6.07, 6.45) is 0. The summed E-state index contributed by atoms with van der Waals surface area (Å²) >= 11 is 0. The fourth-order valence-corrected chi connectivity index (χ4v) is 0.835. The topological polar surface area (TPSA) is 84.7 Å². The molecule has 0 aromatic rings. The molecular formula is C7H16N4O. The molecule has 0 heterocycles. The first-order valence-corrected chi connectivity index (χ1v) is 3.95. The van der Waals surface area contributed by atoms with Crippen LogP contribution in [0.5, 0.6) is 0 Å². The summed E-state index contributed by atoms with van der Waals surface area (Å²) in [5.41, 5.74) is 10.2. The number of carbonyl (C=O) groups is 1. The lowest BCUT2D eigenvalue weighted by Crippen LogP contribution is -2.33. The van der Waals surface area contributed by atoms with Crippen molar-refractivity contribution in [3.05, 3.63) is 0 Å². The van der Waals surface area contributed by atoms with Crippen LogP contribution in [0.2, 0.25) is 0 Å². The van der Waals surface area contributed by atoms with Crippen LogP contribution in [0, 0.1) is 0 Å². The molecule has 4 N–H and O–H groups in total. The minimum absolute atomic E-state index is 0.0456. The van der Waals surface area contributed by atoms with Crippen molar-refractivity contribution in [1.29, 1.82) is 0 Å². The Morgan fingerprint density at radius 2 is 1.83 bits per heavy atom. The number of hydrogen-bond acceptors (Lipinski definition) is 2. The van der Waals surface area contributed by atoms with E-state index in [1.165, 1.54) is 0 Å². The van der Waals surface area contributed by atoms with E-state index in [9.17, 15) is 4.79 Å². The highest BCUT2D eigenvalue weighted by Gasteiger charge is 2.07. The number of nitrogens with two attached hydrogens (primary N) is 2. The number of hydrogen-bond donors (Lipinski definition) is 2. The van der Waals surface area contributed by atoms with Crippen LogP contribution in [0.4, 0.5) is 0 Å². The van der Waals surface area contributed by atoms with Gasteiger partial charge in [0.05, 0.1) is 0 Å². The molecule has 70 valence electrons. The summed E-state index contributed by atoms with van der Waals surface area (Å²) in [6, 6.07) is 0. The van der Waals surface area contributed by atoms with E-state index in [0.29, 0.717) is 13.1 Å². The van der Waals surface area contributed by atoms with Gasteiger partial charge in [-0.25, -0.2) is 4.99 Å². The molecule has 12 heavy (non-hydrogen) atoms. The van der Waals surface area contributed by atoms with Crippen LogP contribution < -0.4 is 11.5 Å². The largest absolute Gasteiger partial charge is 0.370 e. The molecule has 0 saturated heterocycles. The Labute approximate surface area is 72.4 Å². The quantitative estimate of drug-likeness (QED) is 0.427. The van der Waals surface area contributed by atoms with Gasteiger partial charge in [-0.2, -0.15) is 0 Å². The van der Waals surface area contributed by atoms with Gasteiger partial charge in [0, 0.05) is 13.1 Å². The minimum atomic E-state index is -0.0478. The molecule has 0 unspecified atom stereocenters. The van der Waals surface area contributed by atoms with Gasteiger partial charge in [-0.3, -0.25) is 4.79 Å². The molecule has 0 bridgehead atoms. The van der Waals surface area contributed by atoms with Gasteiger partial charge in [-0.15, -0.1) is 0 Å². The lowest BCUT2D eigenvalue weighted by atomic mass is 10.4. The molecule has 0 aromatic carbocycles. The molecule has 5 heteroatoms. The van der Waals surface area contributed by atoms with Crippen LogP contribution in [0.3, 0.4) is 0 Å². The van der Waals surface area contributed by atoms with Crippen molar-refractivity contribution in [3.63, 3.8) is 0 Å². The maximum absolute atomic E-state index is 11.2.